The summed E-state index contributed by atoms with van der Waals surface area (Å²) in [5.74, 6) is -2.72. The van der Waals surface area contributed by atoms with Crippen LogP contribution in [-0.2, 0) is 9.59 Å². The molecule has 0 aromatic rings. The van der Waals surface area contributed by atoms with Crippen molar-refractivity contribution in [3.05, 3.63) is 0 Å². The SMILES string of the molecule is CC(NC(=O)CC(F)(F)F)C(=O)O. The minimum absolute atomic E-state index is 1.08. The first-order valence-electron chi connectivity index (χ1n) is 3.31. The molecule has 1 amide bonds. The zero-order chi connectivity index (χ0) is 10.6. The predicted molar refractivity (Wildman–Crippen MR) is 35.9 cm³/mol. The minimum Gasteiger partial charge on any atom is -0.480 e. The summed E-state index contributed by atoms with van der Waals surface area (Å²) in [5.41, 5.74) is 0. The number of amides is 1. The molecule has 0 aromatic carbocycles. The molecule has 7 heteroatoms. The van der Waals surface area contributed by atoms with Gasteiger partial charge in [-0.3, -0.25) is 9.59 Å². The number of aliphatic carboxylic acids is 1. The van der Waals surface area contributed by atoms with Crippen molar-refractivity contribution in [1.29, 1.82) is 0 Å². The number of carbonyl (C=O) groups excluding carboxylic acids is 1. The number of carboxylic acids is 1. The summed E-state index contributed by atoms with van der Waals surface area (Å²) in [7, 11) is 0. The van der Waals surface area contributed by atoms with Crippen LogP contribution in [0.4, 0.5) is 13.2 Å². The molecular formula is C6H8F3NO3. The average Bonchev–Trinajstić information content (AvgIpc) is 1.81. The maximum atomic E-state index is 11.5. The fraction of sp³-hybridized carbons (Fsp3) is 0.667. The highest BCUT2D eigenvalue weighted by atomic mass is 19.4. The molecule has 76 valence electrons. The molecule has 0 aliphatic carbocycles. The number of halogens is 3. The van der Waals surface area contributed by atoms with E-state index in [1.54, 1.807) is 5.32 Å². The molecule has 1 unspecified atom stereocenters. The fourth-order valence-electron chi connectivity index (χ4n) is 0.536. The number of carbonyl (C=O) groups is 2. The summed E-state index contributed by atoms with van der Waals surface area (Å²) in [5, 5.41) is 9.91. The Labute approximate surface area is 71.7 Å². The zero-order valence-corrected chi connectivity index (χ0v) is 6.68. The summed E-state index contributed by atoms with van der Waals surface area (Å²) in [6.07, 6.45) is -6.27. The van der Waals surface area contributed by atoms with Gasteiger partial charge in [0.1, 0.15) is 12.5 Å². The highest BCUT2D eigenvalue weighted by Gasteiger charge is 2.32. The molecule has 0 aromatic heterocycles. The van der Waals surface area contributed by atoms with Crippen molar-refractivity contribution in [2.75, 3.05) is 0 Å². The van der Waals surface area contributed by atoms with Gasteiger partial charge < -0.3 is 10.4 Å². The summed E-state index contributed by atoms with van der Waals surface area (Å²) < 4.78 is 34.6. The second-order valence-electron chi connectivity index (χ2n) is 2.42. The molecule has 0 rings (SSSR count). The number of hydrogen-bond acceptors (Lipinski definition) is 2. The summed E-state index contributed by atoms with van der Waals surface area (Å²) in [6, 6.07) is -1.31. The van der Waals surface area contributed by atoms with E-state index >= 15 is 0 Å². The number of nitrogens with one attached hydrogen (secondary N) is 1. The van der Waals surface area contributed by atoms with Gasteiger partial charge in [0.2, 0.25) is 5.91 Å². The zero-order valence-electron chi connectivity index (χ0n) is 6.68. The monoisotopic (exact) mass is 199 g/mol. The number of rotatable bonds is 3. The van der Waals surface area contributed by atoms with Crippen LogP contribution < -0.4 is 5.32 Å². The first-order valence-corrected chi connectivity index (χ1v) is 3.31. The average molecular weight is 199 g/mol. The second-order valence-corrected chi connectivity index (χ2v) is 2.42. The van der Waals surface area contributed by atoms with E-state index in [4.69, 9.17) is 5.11 Å². The van der Waals surface area contributed by atoms with Crippen LogP contribution in [0.5, 0.6) is 0 Å². The van der Waals surface area contributed by atoms with Gasteiger partial charge in [-0.1, -0.05) is 0 Å². The van der Waals surface area contributed by atoms with Gasteiger partial charge in [-0.05, 0) is 6.92 Å². The van der Waals surface area contributed by atoms with Gasteiger partial charge in [-0.25, -0.2) is 0 Å². The molecule has 4 nitrogen and oxygen atoms in total. The van der Waals surface area contributed by atoms with Gasteiger partial charge in [0.25, 0.3) is 0 Å². The minimum atomic E-state index is -4.61. The molecule has 1 atom stereocenters. The molecule has 0 bridgehead atoms. The standard InChI is InChI=1S/C6H8F3NO3/c1-3(5(12)13)10-4(11)2-6(7,8)9/h3H,2H2,1H3,(H,10,11)(H,12,13). The summed E-state index contributed by atoms with van der Waals surface area (Å²) >= 11 is 0. The number of alkyl halides is 3. The molecule has 0 saturated heterocycles. The van der Waals surface area contributed by atoms with E-state index in [-0.39, 0.29) is 0 Å². The molecular weight excluding hydrogens is 191 g/mol. The lowest BCUT2D eigenvalue weighted by atomic mass is 10.3. The lowest BCUT2D eigenvalue weighted by Gasteiger charge is -2.10. The highest BCUT2D eigenvalue weighted by Crippen LogP contribution is 2.18. The molecule has 0 aliphatic heterocycles. The molecule has 2 N–H and O–H groups in total. The Bertz CT molecular complexity index is 214. The Kier molecular flexibility index (Phi) is 3.70. The van der Waals surface area contributed by atoms with Crippen molar-refractivity contribution in [1.82, 2.24) is 5.32 Å². The van der Waals surface area contributed by atoms with E-state index in [1.807, 2.05) is 0 Å². The topological polar surface area (TPSA) is 66.4 Å². The lowest BCUT2D eigenvalue weighted by molar-refractivity contribution is -0.156. The first-order chi connectivity index (χ1) is 5.72. The van der Waals surface area contributed by atoms with E-state index in [0.717, 1.165) is 6.92 Å². The molecule has 0 saturated carbocycles. The van der Waals surface area contributed by atoms with Gasteiger partial charge in [-0.15, -0.1) is 0 Å². The van der Waals surface area contributed by atoms with Crippen LogP contribution in [0.2, 0.25) is 0 Å². The maximum Gasteiger partial charge on any atom is 0.397 e. The van der Waals surface area contributed by atoms with Gasteiger partial charge in [0, 0.05) is 0 Å². The Morgan fingerprint density at radius 3 is 2.23 bits per heavy atom. The van der Waals surface area contributed by atoms with Crippen molar-refractivity contribution in [2.45, 2.75) is 25.6 Å². The van der Waals surface area contributed by atoms with Crippen LogP contribution in [0, 0.1) is 0 Å². The Morgan fingerprint density at radius 1 is 1.46 bits per heavy atom. The van der Waals surface area contributed by atoms with Crippen molar-refractivity contribution in [2.24, 2.45) is 0 Å². The van der Waals surface area contributed by atoms with Gasteiger partial charge in [-0.2, -0.15) is 13.2 Å². The van der Waals surface area contributed by atoms with Crippen LogP contribution in [-0.4, -0.2) is 29.2 Å². The molecule has 0 spiro atoms. The lowest BCUT2D eigenvalue weighted by Crippen LogP contribution is -2.40. The van der Waals surface area contributed by atoms with Crippen LogP contribution in [0.3, 0.4) is 0 Å². The third kappa shape index (κ3) is 5.94. The van der Waals surface area contributed by atoms with E-state index in [9.17, 15) is 22.8 Å². The fourth-order valence-corrected chi connectivity index (χ4v) is 0.536. The van der Waals surface area contributed by atoms with Crippen LogP contribution in [0.1, 0.15) is 13.3 Å². The molecule has 0 fully saturated rings. The first kappa shape index (κ1) is 11.7. The molecule has 0 radical (unpaired) electrons. The Hall–Kier alpha value is -1.27. The predicted octanol–water partition coefficient (Wildman–Crippen LogP) is 0.528. The van der Waals surface area contributed by atoms with Gasteiger partial charge in [0.15, 0.2) is 0 Å². The Balaban J connectivity index is 3.96. The van der Waals surface area contributed by atoms with Crippen molar-refractivity contribution in [3.63, 3.8) is 0 Å². The van der Waals surface area contributed by atoms with Gasteiger partial charge >= 0.3 is 12.1 Å². The smallest absolute Gasteiger partial charge is 0.397 e. The normalized spacial score (nSPS) is 13.5. The Morgan fingerprint density at radius 2 is 1.92 bits per heavy atom. The quantitative estimate of drug-likeness (QED) is 0.696. The number of carboxylic acid groups (broad SMARTS) is 1. The van der Waals surface area contributed by atoms with Crippen molar-refractivity contribution < 1.29 is 27.9 Å². The summed E-state index contributed by atoms with van der Waals surface area (Å²) in [6.45, 7) is 1.08. The third-order valence-electron chi connectivity index (χ3n) is 1.11. The van der Waals surface area contributed by atoms with E-state index < -0.39 is 30.5 Å². The van der Waals surface area contributed by atoms with Gasteiger partial charge in [0.05, 0.1) is 0 Å². The van der Waals surface area contributed by atoms with Crippen LogP contribution in [0.15, 0.2) is 0 Å². The third-order valence-corrected chi connectivity index (χ3v) is 1.11. The van der Waals surface area contributed by atoms with Crippen molar-refractivity contribution in [3.8, 4) is 0 Å². The van der Waals surface area contributed by atoms with Crippen LogP contribution in [0.25, 0.3) is 0 Å². The second kappa shape index (κ2) is 4.11. The maximum absolute atomic E-state index is 11.5. The summed E-state index contributed by atoms with van der Waals surface area (Å²) in [4.78, 5) is 20.6. The largest absolute Gasteiger partial charge is 0.480 e. The van der Waals surface area contributed by atoms with Crippen LogP contribution >= 0.6 is 0 Å². The van der Waals surface area contributed by atoms with Crippen molar-refractivity contribution >= 4 is 11.9 Å². The highest BCUT2D eigenvalue weighted by molar-refractivity contribution is 5.83. The number of hydrogen-bond donors (Lipinski definition) is 2. The molecule has 13 heavy (non-hydrogen) atoms. The van der Waals surface area contributed by atoms with E-state index in [0.29, 0.717) is 0 Å². The van der Waals surface area contributed by atoms with E-state index in [1.165, 1.54) is 0 Å². The molecule has 0 heterocycles. The molecule has 0 aliphatic rings. The van der Waals surface area contributed by atoms with E-state index in [2.05, 4.69) is 0 Å².